The van der Waals surface area contributed by atoms with Crippen LogP contribution in [-0.2, 0) is 4.74 Å². The molecule has 4 nitrogen and oxygen atoms in total. The lowest BCUT2D eigenvalue weighted by Gasteiger charge is -2.21. The number of halogens is 1. The molecule has 1 aliphatic carbocycles. The van der Waals surface area contributed by atoms with Crippen molar-refractivity contribution in [2.24, 2.45) is 0 Å². The molecule has 5 heteroatoms. The third kappa shape index (κ3) is 6.12. The molecular weight excluding hydrogens is 271 g/mol. The third-order valence-corrected chi connectivity index (χ3v) is 3.59. The normalized spacial score (nSPS) is 15.7. The number of carbonyl (C=O) groups is 1. The fraction of sp³-hybridized carbons (Fsp3) is 0.562. The number of hydrogen-bond acceptors (Lipinski definition) is 2. The van der Waals surface area contributed by atoms with E-state index in [1.165, 1.54) is 31.4 Å². The topological polar surface area (TPSA) is 50.4 Å². The van der Waals surface area contributed by atoms with Crippen LogP contribution >= 0.6 is 0 Å². The van der Waals surface area contributed by atoms with E-state index < -0.39 is 0 Å². The molecule has 0 bridgehead atoms. The maximum atomic E-state index is 13.0. The first-order valence-corrected chi connectivity index (χ1v) is 7.66. The second-order valence-electron chi connectivity index (χ2n) is 5.38. The number of nitrogens with one attached hydrogen (secondary N) is 2. The Labute approximate surface area is 125 Å². The lowest BCUT2D eigenvalue weighted by atomic mass is 9.98. The fourth-order valence-corrected chi connectivity index (χ4v) is 2.50. The van der Waals surface area contributed by atoms with Crippen LogP contribution < -0.4 is 10.6 Å². The summed E-state index contributed by atoms with van der Waals surface area (Å²) >= 11 is 0. The average Bonchev–Trinajstić information content (AvgIpc) is 2.48. The van der Waals surface area contributed by atoms with Gasteiger partial charge in [-0.25, -0.2) is 9.18 Å². The van der Waals surface area contributed by atoms with Crippen LogP contribution in [0, 0.1) is 5.82 Å². The SMILES string of the molecule is O=C(NCCCOC1CCCCC1)Nc1cccc(F)c1. The number of ether oxygens (including phenoxy) is 1. The third-order valence-electron chi connectivity index (χ3n) is 3.59. The van der Waals surface area contributed by atoms with Crippen LogP contribution in [0.15, 0.2) is 24.3 Å². The molecule has 0 aliphatic heterocycles. The zero-order chi connectivity index (χ0) is 14.9. The monoisotopic (exact) mass is 294 g/mol. The number of carbonyl (C=O) groups excluding carboxylic acids is 1. The lowest BCUT2D eigenvalue weighted by Crippen LogP contribution is -2.30. The summed E-state index contributed by atoms with van der Waals surface area (Å²) in [7, 11) is 0. The summed E-state index contributed by atoms with van der Waals surface area (Å²) in [6.07, 6.45) is 7.35. The van der Waals surface area contributed by atoms with Crippen molar-refractivity contribution in [2.75, 3.05) is 18.5 Å². The van der Waals surface area contributed by atoms with Crippen LogP contribution in [0.4, 0.5) is 14.9 Å². The largest absolute Gasteiger partial charge is 0.378 e. The molecule has 0 spiro atoms. The first kappa shape index (κ1) is 15.8. The van der Waals surface area contributed by atoms with E-state index in [0.717, 1.165) is 19.3 Å². The zero-order valence-electron chi connectivity index (χ0n) is 12.2. The van der Waals surface area contributed by atoms with Gasteiger partial charge in [0.05, 0.1) is 6.10 Å². The van der Waals surface area contributed by atoms with E-state index in [1.54, 1.807) is 12.1 Å². The molecule has 0 saturated heterocycles. The Morgan fingerprint density at radius 2 is 2.10 bits per heavy atom. The number of urea groups is 1. The molecule has 0 radical (unpaired) electrons. The fourth-order valence-electron chi connectivity index (χ4n) is 2.50. The highest BCUT2D eigenvalue weighted by Crippen LogP contribution is 2.20. The van der Waals surface area contributed by atoms with Gasteiger partial charge in [0.25, 0.3) is 0 Å². The van der Waals surface area contributed by atoms with Crippen LogP contribution in [0.1, 0.15) is 38.5 Å². The Hall–Kier alpha value is -1.62. The molecule has 2 rings (SSSR count). The van der Waals surface area contributed by atoms with Crippen molar-refractivity contribution >= 4 is 11.7 Å². The smallest absolute Gasteiger partial charge is 0.319 e. The van der Waals surface area contributed by atoms with Gasteiger partial charge in [-0.3, -0.25) is 0 Å². The van der Waals surface area contributed by atoms with Crippen LogP contribution in [0.2, 0.25) is 0 Å². The molecule has 0 aromatic heterocycles. The van der Waals surface area contributed by atoms with E-state index in [2.05, 4.69) is 10.6 Å². The van der Waals surface area contributed by atoms with E-state index in [4.69, 9.17) is 4.74 Å². The van der Waals surface area contributed by atoms with Crippen molar-refractivity contribution in [3.8, 4) is 0 Å². The van der Waals surface area contributed by atoms with Crippen LogP contribution in [0.25, 0.3) is 0 Å². The van der Waals surface area contributed by atoms with Crippen LogP contribution in [-0.4, -0.2) is 25.3 Å². The number of rotatable bonds is 6. The second-order valence-corrected chi connectivity index (χ2v) is 5.38. The highest BCUT2D eigenvalue weighted by molar-refractivity contribution is 5.89. The molecule has 1 aromatic carbocycles. The summed E-state index contributed by atoms with van der Waals surface area (Å²) in [5, 5.41) is 5.33. The molecule has 21 heavy (non-hydrogen) atoms. The van der Waals surface area contributed by atoms with Gasteiger partial charge in [0.1, 0.15) is 5.82 Å². The Kier molecular flexibility index (Phi) is 6.47. The number of benzene rings is 1. The van der Waals surface area contributed by atoms with Gasteiger partial charge >= 0.3 is 6.03 Å². The molecule has 0 atom stereocenters. The summed E-state index contributed by atoms with van der Waals surface area (Å²) in [6, 6.07) is 5.51. The Morgan fingerprint density at radius 3 is 2.86 bits per heavy atom. The summed E-state index contributed by atoms with van der Waals surface area (Å²) in [5.41, 5.74) is 0.450. The number of hydrogen-bond donors (Lipinski definition) is 2. The maximum Gasteiger partial charge on any atom is 0.319 e. The van der Waals surface area contributed by atoms with E-state index in [1.807, 2.05) is 0 Å². The van der Waals surface area contributed by atoms with Gasteiger partial charge in [-0.05, 0) is 37.5 Å². The molecular formula is C16H23FN2O2. The highest BCUT2D eigenvalue weighted by Gasteiger charge is 2.13. The van der Waals surface area contributed by atoms with Crippen molar-refractivity contribution in [1.82, 2.24) is 5.32 Å². The summed E-state index contributed by atoms with van der Waals surface area (Å²) in [6.45, 7) is 1.22. The van der Waals surface area contributed by atoms with Gasteiger partial charge in [0, 0.05) is 18.8 Å². The Morgan fingerprint density at radius 1 is 1.29 bits per heavy atom. The predicted octanol–water partition coefficient (Wildman–Crippen LogP) is 3.69. The summed E-state index contributed by atoms with van der Waals surface area (Å²) in [5.74, 6) is -0.367. The maximum absolute atomic E-state index is 13.0. The minimum absolute atomic E-state index is 0.321. The number of amides is 2. The van der Waals surface area contributed by atoms with Crippen molar-refractivity contribution in [1.29, 1.82) is 0 Å². The van der Waals surface area contributed by atoms with E-state index in [0.29, 0.717) is 24.9 Å². The lowest BCUT2D eigenvalue weighted by molar-refractivity contribution is 0.0276. The van der Waals surface area contributed by atoms with E-state index in [9.17, 15) is 9.18 Å². The zero-order valence-corrected chi connectivity index (χ0v) is 12.2. The van der Waals surface area contributed by atoms with Gasteiger partial charge in [-0.2, -0.15) is 0 Å². The molecule has 1 aliphatic rings. The summed E-state index contributed by atoms with van der Waals surface area (Å²) in [4.78, 5) is 11.6. The van der Waals surface area contributed by atoms with Crippen molar-refractivity contribution in [2.45, 2.75) is 44.6 Å². The minimum atomic E-state index is -0.367. The highest BCUT2D eigenvalue weighted by atomic mass is 19.1. The van der Waals surface area contributed by atoms with Crippen LogP contribution in [0.3, 0.4) is 0 Å². The Bertz CT molecular complexity index is 448. The molecule has 1 aromatic rings. The van der Waals surface area contributed by atoms with Crippen molar-refractivity contribution in [3.63, 3.8) is 0 Å². The number of anilines is 1. The van der Waals surface area contributed by atoms with Gasteiger partial charge in [-0.15, -0.1) is 0 Å². The first-order chi connectivity index (χ1) is 10.2. The quantitative estimate of drug-likeness (QED) is 0.786. The van der Waals surface area contributed by atoms with E-state index >= 15 is 0 Å². The predicted molar refractivity (Wildman–Crippen MR) is 80.9 cm³/mol. The molecule has 0 heterocycles. The van der Waals surface area contributed by atoms with Gasteiger partial charge < -0.3 is 15.4 Å². The van der Waals surface area contributed by atoms with Gasteiger partial charge in [0.15, 0.2) is 0 Å². The van der Waals surface area contributed by atoms with Gasteiger partial charge in [-0.1, -0.05) is 25.3 Å². The van der Waals surface area contributed by atoms with Gasteiger partial charge in [0.2, 0.25) is 0 Å². The minimum Gasteiger partial charge on any atom is -0.378 e. The molecule has 2 amide bonds. The molecule has 2 N–H and O–H groups in total. The van der Waals surface area contributed by atoms with Crippen molar-refractivity contribution in [3.05, 3.63) is 30.1 Å². The van der Waals surface area contributed by atoms with E-state index in [-0.39, 0.29) is 11.8 Å². The summed E-state index contributed by atoms with van der Waals surface area (Å²) < 4.78 is 18.7. The average molecular weight is 294 g/mol. The second kappa shape index (κ2) is 8.62. The van der Waals surface area contributed by atoms with Crippen LogP contribution in [0.5, 0.6) is 0 Å². The van der Waals surface area contributed by atoms with Crippen molar-refractivity contribution < 1.29 is 13.9 Å². The first-order valence-electron chi connectivity index (χ1n) is 7.66. The molecule has 1 fully saturated rings. The Balaban J connectivity index is 1.54. The molecule has 116 valence electrons. The molecule has 1 saturated carbocycles. The standard InChI is InChI=1S/C16H23FN2O2/c17-13-6-4-7-14(12-13)19-16(20)18-10-5-11-21-15-8-2-1-3-9-15/h4,6-7,12,15H,1-3,5,8-11H2,(H2,18,19,20). The molecule has 0 unspecified atom stereocenters.